The number of phenols is 1. The molecular formula is C23H34N4O7. The molecule has 11 nitrogen and oxygen atoms in total. The quantitative estimate of drug-likeness (QED) is 0.242. The minimum Gasteiger partial charge on any atom is -0.508 e. The maximum absolute atomic E-state index is 13.0. The molecule has 1 aliphatic heterocycles. The smallest absolute Gasteiger partial charge is 0.326 e. The van der Waals surface area contributed by atoms with Crippen molar-refractivity contribution in [2.45, 2.75) is 63.7 Å². The average Bonchev–Trinajstić information content (AvgIpc) is 3.27. The number of aliphatic hydroxyl groups excluding tert-OH is 1. The van der Waals surface area contributed by atoms with Crippen LogP contribution in [0.4, 0.5) is 0 Å². The van der Waals surface area contributed by atoms with Crippen molar-refractivity contribution in [3.05, 3.63) is 29.8 Å². The van der Waals surface area contributed by atoms with Gasteiger partial charge in [-0.1, -0.05) is 26.0 Å². The lowest BCUT2D eigenvalue weighted by atomic mass is 10.0. The van der Waals surface area contributed by atoms with Crippen molar-refractivity contribution in [3.8, 4) is 5.75 Å². The summed E-state index contributed by atoms with van der Waals surface area (Å²) >= 11 is 0. The Morgan fingerprint density at radius 1 is 1.12 bits per heavy atom. The second-order valence-electron chi connectivity index (χ2n) is 8.94. The fraction of sp³-hybridized carbons (Fsp3) is 0.565. The van der Waals surface area contributed by atoms with Crippen LogP contribution in [0.5, 0.6) is 5.75 Å². The Balaban J connectivity index is 2.05. The van der Waals surface area contributed by atoms with Crippen LogP contribution >= 0.6 is 0 Å². The Hall–Kier alpha value is -3.18. The number of likely N-dealkylation sites (tertiary alicyclic amines) is 1. The highest BCUT2D eigenvalue weighted by atomic mass is 16.4. The SMILES string of the molecule is CC(C)C[C@H](N)C(=O)N[C@@H](CO)C(=O)N1CCC[C@H]1C(=O)N[C@@H](Cc1ccc(O)cc1)C(=O)O. The van der Waals surface area contributed by atoms with Crippen molar-refractivity contribution in [1.82, 2.24) is 15.5 Å². The molecule has 0 radical (unpaired) electrons. The van der Waals surface area contributed by atoms with Crippen molar-refractivity contribution in [2.24, 2.45) is 11.7 Å². The van der Waals surface area contributed by atoms with Crippen LogP contribution in [0.2, 0.25) is 0 Å². The molecule has 3 amide bonds. The fourth-order valence-corrected chi connectivity index (χ4v) is 3.92. The van der Waals surface area contributed by atoms with Gasteiger partial charge in [0, 0.05) is 13.0 Å². The molecule has 0 aromatic heterocycles. The van der Waals surface area contributed by atoms with Crippen LogP contribution in [0, 0.1) is 5.92 Å². The molecule has 11 heteroatoms. The van der Waals surface area contributed by atoms with Crippen LogP contribution < -0.4 is 16.4 Å². The average molecular weight is 479 g/mol. The van der Waals surface area contributed by atoms with Crippen molar-refractivity contribution in [3.63, 3.8) is 0 Å². The number of hydrogen-bond acceptors (Lipinski definition) is 7. The Morgan fingerprint density at radius 3 is 2.32 bits per heavy atom. The topological polar surface area (TPSA) is 182 Å². The highest BCUT2D eigenvalue weighted by Gasteiger charge is 2.39. The molecular weight excluding hydrogens is 444 g/mol. The van der Waals surface area contributed by atoms with Gasteiger partial charge in [-0.05, 0) is 42.9 Å². The molecule has 0 spiro atoms. The van der Waals surface area contributed by atoms with Crippen LogP contribution in [-0.4, -0.2) is 81.2 Å². The normalized spacial score (nSPS) is 18.3. The van der Waals surface area contributed by atoms with Gasteiger partial charge >= 0.3 is 5.97 Å². The highest BCUT2D eigenvalue weighted by molar-refractivity contribution is 5.94. The van der Waals surface area contributed by atoms with E-state index in [0.717, 1.165) is 0 Å². The zero-order chi connectivity index (χ0) is 25.4. The summed E-state index contributed by atoms with van der Waals surface area (Å²) in [5, 5.41) is 33.6. The van der Waals surface area contributed by atoms with Crippen LogP contribution in [0.3, 0.4) is 0 Å². The van der Waals surface area contributed by atoms with Crippen molar-refractivity contribution in [2.75, 3.05) is 13.2 Å². The zero-order valence-electron chi connectivity index (χ0n) is 19.4. The predicted octanol–water partition coefficient (Wildman–Crippen LogP) is -0.654. The number of nitrogens with two attached hydrogens (primary N) is 1. The van der Waals surface area contributed by atoms with E-state index in [-0.39, 0.29) is 24.6 Å². The highest BCUT2D eigenvalue weighted by Crippen LogP contribution is 2.19. The third-order valence-electron chi connectivity index (χ3n) is 5.69. The number of rotatable bonds is 11. The number of aliphatic carboxylic acids is 1. The molecule has 0 aliphatic carbocycles. The van der Waals surface area contributed by atoms with Crippen LogP contribution in [0.25, 0.3) is 0 Å². The lowest BCUT2D eigenvalue weighted by Gasteiger charge is -2.29. The summed E-state index contributed by atoms with van der Waals surface area (Å²) in [5.41, 5.74) is 6.46. The van der Waals surface area contributed by atoms with E-state index in [2.05, 4.69) is 10.6 Å². The maximum atomic E-state index is 13.0. The number of carboxylic acid groups (broad SMARTS) is 1. The van der Waals surface area contributed by atoms with Gasteiger partial charge in [0.2, 0.25) is 17.7 Å². The van der Waals surface area contributed by atoms with Crippen LogP contribution in [-0.2, 0) is 25.6 Å². The molecule has 4 atom stereocenters. The molecule has 1 aliphatic rings. The molecule has 7 N–H and O–H groups in total. The molecule has 1 aromatic carbocycles. The predicted molar refractivity (Wildman–Crippen MR) is 123 cm³/mol. The maximum Gasteiger partial charge on any atom is 0.326 e. The summed E-state index contributed by atoms with van der Waals surface area (Å²) in [7, 11) is 0. The summed E-state index contributed by atoms with van der Waals surface area (Å²) in [6.07, 6.45) is 1.23. The Kier molecular flexibility index (Phi) is 9.82. The lowest BCUT2D eigenvalue weighted by Crippen LogP contribution is -2.58. The number of nitrogens with one attached hydrogen (secondary N) is 2. The molecule has 1 aromatic rings. The van der Waals surface area contributed by atoms with E-state index in [1.165, 1.54) is 17.0 Å². The van der Waals surface area contributed by atoms with Gasteiger partial charge < -0.3 is 36.6 Å². The van der Waals surface area contributed by atoms with Crippen LogP contribution in [0.1, 0.15) is 38.7 Å². The molecule has 1 fully saturated rings. The number of aliphatic hydroxyl groups is 1. The van der Waals surface area contributed by atoms with E-state index in [1.54, 1.807) is 12.1 Å². The summed E-state index contributed by atoms with van der Waals surface area (Å²) in [6.45, 7) is 3.38. The van der Waals surface area contributed by atoms with Crippen molar-refractivity contribution in [1.29, 1.82) is 0 Å². The first-order chi connectivity index (χ1) is 16.0. The fourth-order valence-electron chi connectivity index (χ4n) is 3.92. The van der Waals surface area contributed by atoms with E-state index >= 15 is 0 Å². The van der Waals surface area contributed by atoms with Gasteiger partial charge in [0.25, 0.3) is 0 Å². The van der Waals surface area contributed by atoms with E-state index in [4.69, 9.17) is 5.73 Å². The standard InChI is InChI=1S/C23H34N4O7/c1-13(2)10-16(24)20(30)26-18(12-28)22(32)27-9-3-4-19(27)21(31)25-17(23(33)34)11-14-5-7-15(29)8-6-14/h5-8,13,16-19,28-29H,3-4,9-12,24H2,1-2H3,(H,25,31)(H,26,30)(H,33,34)/t16-,17-,18-,19-/m0/s1. The van der Waals surface area contributed by atoms with Gasteiger partial charge in [0.05, 0.1) is 12.6 Å². The molecule has 0 bridgehead atoms. The zero-order valence-corrected chi connectivity index (χ0v) is 19.4. The molecule has 34 heavy (non-hydrogen) atoms. The van der Waals surface area contributed by atoms with E-state index in [0.29, 0.717) is 24.8 Å². The third kappa shape index (κ3) is 7.42. The van der Waals surface area contributed by atoms with Crippen LogP contribution in [0.15, 0.2) is 24.3 Å². The summed E-state index contributed by atoms with van der Waals surface area (Å²) in [5.74, 6) is -2.86. The number of amides is 3. The van der Waals surface area contributed by atoms with Gasteiger partial charge in [-0.25, -0.2) is 4.79 Å². The minimum absolute atomic E-state index is 0.00885. The molecule has 1 heterocycles. The lowest BCUT2D eigenvalue weighted by molar-refractivity contribution is -0.145. The van der Waals surface area contributed by atoms with E-state index < -0.39 is 54.5 Å². The summed E-state index contributed by atoms with van der Waals surface area (Å²) in [4.78, 5) is 51.2. The molecule has 1 saturated heterocycles. The number of carbonyl (C=O) groups excluding carboxylic acids is 3. The van der Waals surface area contributed by atoms with Crippen molar-refractivity contribution >= 4 is 23.7 Å². The van der Waals surface area contributed by atoms with Gasteiger partial charge in [-0.3, -0.25) is 14.4 Å². The third-order valence-corrected chi connectivity index (χ3v) is 5.69. The van der Waals surface area contributed by atoms with Gasteiger partial charge in [0.15, 0.2) is 0 Å². The Labute approximate surface area is 198 Å². The van der Waals surface area contributed by atoms with Crippen molar-refractivity contribution < 1.29 is 34.5 Å². The first-order valence-electron chi connectivity index (χ1n) is 11.3. The number of benzene rings is 1. The largest absolute Gasteiger partial charge is 0.508 e. The minimum atomic E-state index is -1.26. The van der Waals surface area contributed by atoms with Gasteiger partial charge in [-0.15, -0.1) is 0 Å². The molecule has 2 rings (SSSR count). The second-order valence-corrected chi connectivity index (χ2v) is 8.94. The monoisotopic (exact) mass is 478 g/mol. The number of carboxylic acids is 1. The number of carbonyl (C=O) groups is 4. The number of nitrogens with zero attached hydrogens (tertiary/aromatic N) is 1. The number of hydrogen-bond donors (Lipinski definition) is 6. The second kappa shape index (κ2) is 12.3. The molecule has 0 unspecified atom stereocenters. The Morgan fingerprint density at radius 2 is 1.76 bits per heavy atom. The number of phenolic OH excluding ortho intramolecular Hbond substituents is 1. The summed E-state index contributed by atoms with van der Waals surface area (Å²) in [6, 6.07) is 1.69. The van der Waals surface area contributed by atoms with Gasteiger partial charge in [-0.2, -0.15) is 0 Å². The molecule has 0 saturated carbocycles. The summed E-state index contributed by atoms with van der Waals surface area (Å²) < 4.78 is 0. The first kappa shape index (κ1) is 27.1. The number of aromatic hydroxyl groups is 1. The van der Waals surface area contributed by atoms with Gasteiger partial charge in [0.1, 0.15) is 23.9 Å². The Bertz CT molecular complexity index is 875. The molecule has 188 valence electrons. The first-order valence-corrected chi connectivity index (χ1v) is 11.3. The van der Waals surface area contributed by atoms with E-state index in [1.807, 2.05) is 13.8 Å². The van der Waals surface area contributed by atoms with E-state index in [9.17, 15) is 34.5 Å².